The molecule has 27 heavy (non-hydrogen) atoms. The van der Waals surface area contributed by atoms with E-state index in [0.29, 0.717) is 22.8 Å². The van der Waals surface area contributed by atoms with Crippen LogP contribution in [0.4, 0.5) is 11.4 Å². The summed E-state index contributed by atoms with van der Waals surface area (Å²) in [7, 11) is -3.67. The zero-order valence-corrected chi connectivity index (χ0v) is 17.8. The van der Waals surface area contributed by atoms with Crippen LogP contribution in [0.25, 0.3) is 0 Å². The third-order valence-electron chi connectivity index (χ3n) is 4.23. The fraction of sp³-hybridized carbons (Fsp3) is 0.350. The quantitative estimate of drug-likeness (QED) is 0.767. The minimum absolute atomic E-state index is 0.325. The third-order valence-corrected chi connectivity index (χ3v) is 5.82. The Labute approximate surface area is 166 Å². The molecule has 0 bridgehead atoms. The number of carbonyl (C=O) groups is 1. The number of sulfonamides is 1. The lowest BCUT2D eigenvalue weighted by molar-refractivity contribution is -0.117. The number of halogens is 1. The van der Waals surface area contributed by atoms with Crippen molar-refractivity contribution in [2.24, 2.45) is 0 Å². The van der Waals surface area contributed by atoms with Crippen LogP contribution in [0.5, 0.6) is 0 Å². The van der Waals surface area contributed by atoms with Gasteiger partial charge in [0.15, 0.2) is 0 Å². The topological polar surface area (TPSA) is 66.5 Å². The normalized spacial score (nSPS) is 12.5. The van der Waals surface area contributed by atoms with Crippen LogP contribution in [-0.2, 0) is 14.8 Å². The van der Waals surface area contributed by atoms with Gasteiger partial charge in [0.2, 0.25) is 15.9 Å². The van der Waals surface area contributed by atoms with E-state index < -0.39 is 22.0 Å². The van der Waals surface area contributed by atoms with Crippen LogP contribution >= 0.6 is 11.6 Å². The van der Waals surface area contributed by atoms with Crippen LogP contribution in [-0.4, -0.2) is 26.6 Å². The van der Waals surface area contributed by atoms with Crippen LogP contribution in [0.15, 0.2) is 36.4 Å². The van der Waals surface area contributed by atoms with E-state index in [1.165, 1.54) is 4.31 Å². The van der Waals surface area contributed by atoms with E-state index in [-0.39, 0.29) is 0 Å². The average Bonchev–Trinajstić information content (AvgIpc) is 2.53. The second-order valence-corrected chi connectivity index (χ2v) is 9.05. The molecule has 0 aliphatic carbocycles. The number of benzene rings is 2. The molecule has 2 aromatic carbocycles. The van der Waals surface area contributed by atoms with Gasteiger partial charge in [-0.15, -0.1) is 0 Å². The first-order valence-corrected chi connectivity index (χ1v) is 10.9. The molecule has 1 unspecified atom stereocenters. The van der Waals surface area contributed by atoms with Gasteiger partial charge in [0.25, 0.3) is 0 Å². The van der Waals surface area contributed by atoms with E-state index in [0.717, 1.165) is 22.9 Å². The molecule has 2 rings (SSSR count). The molecule has 5 nitrogen and oxygen atoms in total. The van der Waals surface area contributed by atoms with E-state index >= 15 is 0 Å². The van der Waals surface area contributed by atoms with Crippen molar-refractivity contribution in [1.82, 2.24) is 0 Å². The number of amides is 1. The van der Waals surface area contributed by atoms with Crippen molar-refractivity contribution in [3.05, 3.63) is 58.1 Å². The van der Waals surface area contributed by atoms with Crippen LogP contribution in [0, 0.1) is 20.8 Å². The van der Waals surface area contributed by atoms with Crippen molar-refractivity contribution in [1.29, 1.82) is 0 Å². The van der Waals surface area contributed by atoms with Gasteiger partial charge in [0.1, 0.15) is 6.04 Å². The van der Waals surface area contributed by atoms with Gasteiger partial charge in [-0.3, -0.25) is 9.10 Å². The van der Waals surface area contributed by atoms with Gasteiger partial charge in [-0.05, 0) is 68.1 Å². The minimum Gasteiger partial charge on any atom is -0.324 e. The molecule has 0 spiro atoms. The van der Waals surface area contributed by atoms with Crippen molar-refractivity contribution in [2.45, 2.75) is 40.2 Å². The Kier molecular flexibility index (Phi) is 6.54. The zero-order valence-electron chi connectivity index (χ0n) is 16.2. The van der Waals surface area contributed by atoms with Crippen LogP contribution in [0.3, 0.4) is 0 Å². The summed E-state index contributed by atoms with van der Waals surface area (Å²) in [6.07, 6.45) is 1.44. The highest BCUT2D eigenvalue weighted by Gasteiger charge is 2.31. The Morgan fingerprint density at radius 2 is 1.70 bits per heavy atom. The Bertz CT molecular complexity index is 937. The SMILES string of the molecule is CCC(C(=O)Nc1ccc(C)c(Cl)c1)N(c1cc(C)cc(C)c1)S(C)(=O)=O. The second kappa shape index (κ2) is 8.31. The smallest absolute Gasteiger partial charge is 0.248 e. The lowest BCUT2D eigenvalue weighted by Crippen LogP contribution is -2.47. The first-order chi connectivity index (χ1) is 12.5. The van der Waals surface area contributed by atoms with Gasteiger partial charge < -0.3 is 5.32 Å². The fourth-order valence-corrected chi connectivity index (χ4v) is 4.41. The van der Waals surface area contributed by atoms with Crippen molar-refractivity contribution >= 4 is 38.9 Å². The second-order valence-electron chi connectivity index (χ2n) is 6.78. The number of nitrogens with one attached hydrogen (secondary N) is 1. The number of nitrogens with zero attached hydrogens (tertiary/aromatic N) is 1. The number of aryl methyl sites for hydroxylation is 3. The predicted molar refractivity (Wildman–Crippen MR) is 112 cm³/mol. The summed E-state index contributed by atoms with van der Waals surface area (Å²) >= 11 is 6.12. The molecule has 1 atom stereocenters. The average molecular weight is 409 g/mol. The Hall–Kier alpha value is -2.05. The van der Waals surface area contributed by atoms with E-state index in [9.17, 15) is 13.2 Å². The molecular weight excluding hydrogens is 384 g/mol. The van der Waals surface area contributed by atoms with Gasteiger partial charge in [0.05, 0.1) is 11.9 Å². The van der Waals surface area contributed by atoms with Crippen LogP contribution in [0.1, 0.15) is 30.0 Å². The van der Waals surface area contributed by atoms with Crippen molar-refractivity contribution < 1.29 is 13.2 Å². The highest BCUT2D eigenvalue weighted by atomic mass is 35.5. The predicted octanol–water partition coefficient (Wildman–Crippen LogP) is 4.45. The molecule has 0 saturated carbocycles. The molecule has 7 heteroatoms. The molecule has 0 radical (unpaired) electrons. The molecule has 0 aliphatic rings. The molecular formula is C20H25ClN2O3S. The maximum absolute atomic E-state index is 12.9. The molecule has 0 fully saturated rings. The highest BCUT2D eigenvalue weighted by molar-refractivity contribution is 7.92. The van der Waals surface area contributed by atoms with E-state index in [1.54, 1.807) is 37.3 Å². The molecule has 0 heterocycles. The molecule has 0 aromatic heterocycles. The largest absolute Gasteiger partial charge is 0.324 e. The number of hydrogen-bond donors (Lipinski definition) is 1. The maximum atomic E-state index is 12.9. The summed E-state index contributed by atoms with van der Waals surface area (Å²) in [5.41, 5.74) is 3.77. The summed E-state index contributed by atoms with van der Waals surface area (Å²) in [5, 5.41) is 3.32. The lowest BCUT2D eigenvalue weighted by atomic mass is 10.1. The van der Waals surface area contributed by atoms with Crippen LogP contribution < -0.4 is 9.62 Å². The zero-order chi connectivity index (χ0) is 20.4. The molecule has 2 aromatic rings. The van der Waals surface area contributed by atoms with Crippen molar-refractivity contribution in [3.63, 3.8) is 0 Å². The minimum atomic E-state index is -3.67. The van der Waals surface area contributed by atoms with Gasteiger partial charge in [-0.25, -0.2) is 8.42 Å². The fourth-order valence-electron chi connectivity index (χ4n) is 3.03. The van der Waals surface area contributed by atoms with Crippen molar-refractivity contribution in [2.75, 3.05) is 15.9 Å². The molecule has 1 amide bonds. The first kappa shape index (κ1) is 21.3. The summed E-state index contributed by atoms with van der Waals surface area (Å²) in [5.74, 6) is -0.401. The molecule has 0 aliphatic heterocycles. The third kappa shape index (κ3) is 5.23. The summed E-state index contributed by atoms with van der Waals surface area (Å²) in [6.45, 7) is 7.44. The highest BCUT2D eigenvalue weighted by Crippen LogP contribution is 2.26. The Morgan fingerprint density at radius 1 is 1.11 bits per heavy atom. The summed E-state index contributed by atoms with van der Waals surface area (Å²) < 4.78 is 26.3. The van der Waals surface area contributed by atoms with Crippen molar-refractivity contribution in [3.8, 4) is 0 Å². The van der Waals surface area contributed by atoms with Gasteiger partial charge in [-0.2, -0.15) is 0 Å². The number of carbonyl (C=O) groups excluding carboxylic acids is 1. The summed E-state index contributed by atoms with van der Waals surface area (Å²) in [4.78, 5) is 12.9. The maximum Gasteiger partial charge on any atom is 0.248 e. The monoisotopic (exact) mass is 408 g/mol. The standard InChI is InChI=1S/C20H25ClN2O3S/c1-6-19(20(24)22-16-8-7-15(4)18(21)12-16)23(27(5,25)26)17-10-13(2)9-14(3)11-17/h7-12,19H,6H2,1-5H3,(H,22,24). The Balaban J connectivity index is 2.42. The lowest BCUT2D eigenvalue weighted by Gasteiger charge is -2.30. The van der Waals surface area contributed by atoms with Gasteiger partial charge in [-0.1, -0.05) is 30.7 Å². The van der Waals surface area contributed by atoms with E-state index in [4.69, 9.17) is 11.6 Å². The number of rotatable bonds is 6. The number of anilines is 2. The Morgan fingerprint density at radius 3 is 2.19 bits per heavy atom. The van der Waals surface area contributed by atoms with Gasteiger partial charge >= 0.3 is 0 Å². The van der Waals surface area contributed by atoms with Gasteiger partial charge in [0, 0.05) is 10.7 Å². The van der Waals surface area contributed by atoms with E-state index in [2.05, 4.69) is 5.32 Å². The first-order valence-electron chi connectivity index (χ1n) is 8.67. The number of hydrogen-bond acceptors (Lipinski definition) is 3. The molecule has 1 N–H and O–H groups in total. The van der Waals surface area contributed by atoms with E-state index in [1.807, 2.05) is 26.8 Å². The molecule has 146 valence electrons. The molecule has 0 saturated heterocycles. The van der Waals surface area contributed by atoms with Crippen LogP contribution in [0.2, 0.25) is 5.02 Å². The summed E-state index contributed by atoms with van der Waals surface area (Å²) in [6, 6.07) is 9.83.